The summed E-state index contributed by atoms with van der Waals surface area (Å²) in [5.74, 6) is 0. The number of hydrogen-bond acceptors (Lipinski definition) is 4. The van der Waals surface area contributed by atoms with E-state index < -0.39 is 0 Å². The van der Waals surface area contributed by atoms with Crippen molar-refractivity contribution in [2.24, 2.45) is 0 Å². The first kappa shape index (κ1) is 13.9. The Morgan fingerprint density at radius 3 is 2.65 bits per heavy atom. The third kappa shape index (κ3) is 3.08. The highest BCUT2D eigenvalue weighted by Gasteiger charge is 2.07. The smallest absolute Gasteiger partial charge is 0.101 e. The molecule has 0 fully saturated rings. The molecule has 102 valence electrons. The van der Waals surface area contributed by atoms with Gasteiger partial charge in [-0.25, -0.2) is 0 Å². The summed E-state index contributed by atoms with van der Waals surface area (Å²) in [6.45, 7) is 0.659. The van der Waals surface area contributed by atoms with E-state index in [4.69, 9.17) is 15.7 Å². The van der Waals surface area contributed by atoms with Crippen LogP contribution in [0.1, 0.15) is 11.1 Å². The van der Waals surface area contributed by atoms with Crippen LogP contribution in [0.5, 0.6) is 0 Å². The lowest BCUT2D eigenvalue weighted by Crippen LogP contribution is -2.02. The van der Waals surface area contributed by atoms with Crippen LogP contribution in [0.25, 0.3) is 0 Å². The van der Waals surface area contributed by atoms with Gasteiger partial charge in [0, 0.05) is 12.8 Å². The van der Waals surface area contributed by atoms with Crippen LogP contribution in [0.4, 0.5) is 17.1 Å². The second kappa shape index (κ2) is 6.60. The monoisotopic (exact) mass is 267 g/mol. The molecule has 0 spiro atoms. The second-order valence-corrected chi connectivity index (χ2v) is 4.40. The van der Waals surface area contributed by atoms with Crippen molar-refractivity contribution >= 4 is 17.1 Å². The van der Waals surface area contributed by atoms with E-state index in [0.717, 1.165) is 23.4 Å². The van der Waals surface area contributed by atoms with Crippen molar-refractivity contribution in [3.05, 3.63) is 53.6 Å². The summed E-state index contributed by atoms with van der Waals surface area (Å²) in [6, 6.07) is 15.5. The summed E-state index contributed by atoms with van der Waals surface area (Å²) in [6.07, 6.45) is 0.817. The van der Waals surface area contributed by atoms with Crippen molar-refractivity contribution in [1.82, 2.24) is 0 Å². The normalized spacial score (nSPS) is 10.0. The van der Waals surface area contributed by atoms with Crippen LogP contribution in [0.2, 0.25) is 0 Å². The Kier molecular flexibility index (Phi) is 4.59. The number of benzene rings is 2. The molecule has 0 saturated heterocycles. The molecular weight excluding hydrogens is 250 g/mol. The molecule has 0 aliphatic heterocycles. The first-order valence-corrected chi connectivity index (χ1v) is 6.38. The van der Waals surface area contributed by atoms with Crippen molar-refractivity contribution in [3.8, 4) is 6.07 Å². The summed E-state index contributed by atoms with van der Waals surface area (Å²) in [4.78, 5) is 0. The van der Waals surface area contributed by atoms with Gasteiger partial charge in [0.15, 0.2) is 0 Å². The zero-order chi connectivity index (χ0) is 14.4. The number of para-hydroxylation sites is 2. The number of nitriles is 1. The van der Waals surface area contributed by atoms with Crippen LogP contribution in [0, 0.1) is 11.3 Å². The molecule has 2 rings (SSSR count). The molecule has 0 aliphatic rings. The van der Waals surface area contributed by atoms with Crippen molar-refractivity contribution < 1.29 is 4.74 Å². The van der Waals surface area contributed by atoms with Gasteiger partial charge in [-0.05, 0) is 30.2 Å². The van der Waals surface area contributed by atoms with Gasteiger partial charge in [0.2, 0.25) is 0 Å². The average Bonchev–Trinajstić information content (AvgIpc) is 2.48. The predicted molar refractivity (Wildman–Crippen MR) is 80.9 cm³/mol. The number of rotatable bonds is 5. The molecule has 0 unspecified atom stereocenters. The molecule has 0 atom stereocenters. The second-order valence-electron chi connectivity index (χ2n) is 4.40. The highest BCUT2D eigenvalue weighted by molar-refractivity contribution is 5.78. The fourth-order valence-corrected chi connectivity index (χ4v) is 1.99. The van der Waals surface area contributed by atoms with Gasteiger partial charge in [-0.3, -0.25) is 0 Å². The van der Waals surface area contributed by atoms with E-state index >= 15 is 0 Å². The van der Waals surface area contributed by atoms with Crippen LogP contribution in [0.3, 0.4) is 0 Å². The molecule has 0 saturated carbocycles. The number of hydrogen-bond donors (Lipinski definition) is 2. The maximum Gasteiger partial charge on any atom is 0.101 e. The molecule has 0 aromatic heterocycles. The van der Waals surface area contributed by atoms with E-state index in [1.54, 1.807) is 13.2 Å². The Balaban J connectivity index is 2.29. The van der Waals surface area contributed by atoms with E-state index in [0.29, 0.717) is 17.9 Å². The third-order valence-corrected chi connectivity index (χ3v) is 3.09. The fraction of sp³-hybridized carbons (Fsp3) is 0.188. The Morgan fingerprint density at radius 1 is 1.15 bits per heavy atom. The zero-order valence-corrected chi connectivity index (χ0v) is 11.4. The van der Waals surface area contributed by atoms with Gasteiger partial charge in [-0.15, -0.1) is 0 Å². The topological polar surface area (TPSA) is 71.1 Å². The first-order chi connectivity index (χ1) is 9.76. The first-order valence-electron chi connectivity index (χ1n) is 6.38. The van der Waals surface area contributed by atoms with Crippen molar-refractivity contribution in [2.75, 3.05) is 24.8 Å². The lowest BCUT2D eigenvalue weighted by molar-refractivity contribution is 0.202. The molecule has 4 nitrogen and oxygen atoms in total. The van der Waals surface area contributed by atoms with Crippen LogP contribution in [-0.2, 0) is 11.2 Å². The number of methoxy groups -OCH3 is 1. The number of ether oxygens (including phenoxy) is 1. The highest BCUT2D eigenvalue weighted by atomic mass is 16.5. The van der Waals surface area contributed by atoms with E-state index in [1.807, 2.05) is 36.4 Å². The lowest BCUT2D eigenvalue weighted by atomic mass is 10.1. The quantitative estimate of drug-likeness (QED) is 0.817. The molecule has 0 aliphatic carbocycles. The average molecular weight is 267 g/mol. The SMILES string of the molecule is COCCc1ccccc1Nc1cccc(C#N)c1N. The highest BCUT2D eigenvalue weighted by Crippen LogP contribution is 2.27. The number of nitrogens with zero attached hydrogens (tertiary/aromatic N) is 1. The van der Waals surface area contributed by atoms with Crippen molar-refractivity contribution in [2.45, 2.75) is 6.42 Å². The van der Waals surface area contributed by atoms with Gasteiger partial charge in [-0.1, -0.05) is 24.3 Å². The van der Waals surface area contributed by atoms with E-state index in [1.165, 1.54) is 0 Å². The molecule has 2 aromatic carbocycles. The van der Waals surface area contributed by atoms with E-state index in [9.17, 15) is 0 Å². The third-order valence-electron chi connectivity index (χ3n) is 3.09. The number of nitrogen functional groups attached to an aromatic ring is 1. The molecule has 0 radical (unpaired) electrons. The van der Waals surface area contributed by atoms with Gasteiger partial charge >= 0.3 is 0 Å². The van der Waals surface area contributed by atoms with E-state index in [2.05, 4.69) is 11.4 Å². The summed E-state index contributed by atoms with van der Waals surface area (Å²) >= 11 is 0. The molecule has 0 amide bonds. The Labute approximate surface area is 118 Å². The van der Waals surface area contributed by atoms with Crippen molar-refractivity contribution in [1.29, 1.82) is 5.26 Å². The Bertz CT molecular complexity index is 632. The Hall–Kier alpha value is -2.51. The van der Waals surface area contributed by atoms with Gasteiger partial charge in [0.1, 0.15) is 6.07 Å². The van der Waals surface area contributed by atoms with Crippen LogP contribution in [-0.4, -0.2) is 13.7 Å². The maximum atomic E-state index is 9.01. The predicted octanol–water partition coefficient (Wildman–Crippen LogP) is 3.07. The minimum Gasteiger partial charge on any atom is -0.396 e. The molecule has 0 bridgehead atoms. The largest absolute Gasteiger partial charge is 0.396 e. The molecule has 0 heterocycles. The van der Waals surface area contributed by atoms with Gasteiger partial charge in [0.05, 0.1) is 23.5 Å². The molecule has 4 heteroatoms. The lowest BCUT2D eigenvalue weighted by Gasteiger charge is -2.14. The number of nitrogens with two attached hydrogens (primary N) is 1. The molecule has 20 heavy (non-hydrogen) atoms. The molecule has 3 N–H and O–H groups in total. The maximum absolute atomic E-state index is 9.01. The summed E-state index contributed by atoms with van der Waals surface area (Å²) in [7, 11) is 1.68. The van der Waals surface area contributed by atoms with Crippen LogP contribution >= 0.6 is 0 Å². The summed E-state index contributed by atoms with van der Waals surface area (Å²) < 4.78 is 5.12. The summed E-state index contributed by atoms with van der Waals surface area (Å²) in [5.41, 5.74) is 9.80. The number of nitrogens with one attached hydrogen (secondary N) is 1. The number of anilines is 3. The van der Waals surface area contributed by atoms with Gasteiger partial charge in [0.25, 0.3) is 0 Å². The fourth-order valence-electron chi connectivity index (χ4n) is 1.99. The minimum atomic E-state index is 0.469. The minimum absolute atomic E-state index is 0.469. The summed E-state index contributed by atoms with van der Waals surface area (Å²) in [5, 5.41) is 12.3. The van der Waals surface area contributed by atoms with Crippen LogP contribution < -0.4 is 11.1 Å². The van der Waals surface area contributed by atoms with E-state index in [-0.39, 0.29) is 0 Å². The molecular formula is C16H17N3O. The van der Waals surface area contributed by atoms with Gasteiger partial charge in [-0.2, -0.15) is 5.26 Å². The van der Waals surface area contributed by atoms with Crippen LogP contribution in [0.15, 0.2) is 42.5 Å². The van der Waals surface area contributed by atoms with Crippen molar-refractivity contribution in [3.63, 3.8) is 0 Å². The zero-order valence-electron chi connectivity index (χ0n) is 11.4. The standard InChI is InChI=1S/C16H17N3O/c1-20-10-9-12-5-2-3-7-14(12)19-15-8-4-6-13(11-17)16(15)18/h2-8,19H,9-10,18H2,1H3. The Morgan fingerprint density at radius 2 is 1.90 bits per heavy atom. The van der Waals surface area contributed by atoms with Gasteiger partial charge < -0.3 is 15.8 Å². The molecule has 2 aromatic rings.